The van der Waals surface area contributed by atoms with E-state index in [0.29, 0.717) is 5.57 Å². The van der Waals surface area contributed by atoms with E-state index in [1.54, 1.807) is 0 Å². The molecule has 0 spiro atoms. The van der Waals surface area contributed by atoms with Crippen molar-refractivity contribution in [2.45, 2.75) is 20.0 Å². The zero-order chi connectivity index (χ0) is 16.4. The minimum atomic E-state index is -0.0501. The van der Waals surface area contributed by atoms with E-state index in [1.807, 2.05) is 38.1 Å². The van der Waals surface area contributed by atoms with Crippen LogP contribution in [0, 0.1) is 0 Å². The Morgan fingerprint density at radius 2 is 1.96 bits per heavy atom. The van der Waals surface area contributed by atoms with Crippen molar-refractivity contribution >= 4 is 43.3 Å². The summed E-state index contributed by atoms with van der Waals surface area (Å²) in [6, 6.07) is 12.1. The quantitative estimate of drug-likeness (QED) is 0.553. The number of carbonyl (C=O) groups is 1. The second-order valence-corrected chi connectivity index (χ2v) is 6.24. The highest BCUT2D eigenvalue weighted by Gasteiger charge is 2.24. The first-order valence-electron chi connectivity index (χ1n) is 7.82. The third-order valence-electron chi connectivity index (χ3n) is 3.81. The third-order valence-corrected chi connectivity index (χ3v) is 4.82. The van der Waals surface area contributed by atoms with E-state index in [0.717, 1.165) is 37.4 Å². The Morgan fingerprint density at radius 1 is 1.13 bits per heavy atom. The van der Waals surface area contributed by atoms with Crippen molar-refractivity contribution in [2.75, 3.05) is 10.4 Å². The van der Waals surface area contributed by atoms with Crippen LogP contribution in [0.4, 0.5) is 17.1 Å². The largest absolute Gasteiger partial charge is 0.366 e. The van der Waals surface area contributed by atoms with Crippen LogP contribution < -0.4 is 16.1 Å². The molecule has 0 radical (unpaired) electrons. The van der Waals surface area contributed by atoms with E-state index >= 15 is 0 Å². The lowest BCUT2D eigenvalue weighted by molar-refractivity contribution is -0.254. The lowest BCUT2D eigenvalue weighted by Gasteiger charge is -2.02. The Labute approximate surface area is 138 Å². The number of amides is 1. The van der Waals surface area contributed by atoms with Gasteiger partial charge < -0.3 is 16.1 Å². The molecule has 0 aliphatic carbocycles. The van der Waals surface area contributed by atoms with Crippen molar-refractivity contribution in [3.05, 3.63) is 53.1 Å². The molecule has 1 amide bonds. The molecule has 2 aliphatic heterocycles. The Kier molecular flexibility index (Phi) is 4.46. The monoisotopic (exact) mass is 326 g/mol. The number of quaternary nitrogens is 1. The topological polar surface area (TPSA) is 68.8 Å². The second-order valence-electron chi connectivity index (χ2n) is 5.29. The first kappa shape index (κ1) is 15.7. The molecule has 23 heavy (non-hydrogen) atoms. The smallest absolute Gasteiger partial charge is 0.256 e. The van der Waals surface area contributed by atoms with E-state index in [9.17, 15) is 4.79 Å². The van der Waals surface area contributed by atoms with Gasteiger partial charge >= 0.3 is 0 Å². The van der Waals surface area contributed by atoms with E-state index in [-0.39, 0.29) is 5.91 Å². The van der Waals surface area contributed by atoms with Gasteiger partial charge in [-0.1, -0.05) is 26.0 Å². The molecule has 4 rings (SSSR count). The molecule has 1 unspecified atom stereocenters. The van der Waals surface area contributed by atoms with Crippen LogP contribution >= 0.6 is 8.73 Å². The number of carbonyl (C=O) groups excluding carboxylic acids is 1. The molecule has 0 saturated carbocycles. The molecule has 4 nitrogen and oxygen atoms in total. The zero-order valence-corrected chi connectivity index (χ0v) is 14.4. The molecule has 0 aromatic heterocycles. The molecule has 2 aliphatic rings. The minimum absolute atomic E-state index is 0.0501. The zero-order valence-electron chi connectivity index (χ0n) is 13.4. The summed E-state index contributed by atoms with van der Waals surface area (Å²) in [6.45, 7) is 4.00. The van der Waals surface area contributed by atoms with Crippen molar-refractivity contribution in [2.24, 2.45) is 0 Å². The summed E-state index contributed by atoms with van der Waals surface area (Å²) in [7, 11) is 0.759. The predicted molar refractivity (Wildman–Crippen MR) is 98.9 cm³/mol. The van der Waals surface area contributed by atoms with Crippen LogP contribution in [-0.4, -0.2) is 5.91 Å². The summed E-state index contributed by atoms with van der Waals surface area (Å²) in [5.41, 5.74) is 10.9. The molecule has 0 fully saturated rings. The lowest BCUT2D eigenvalue weighted by Crippen LogP contribution is -2.39. The van der Waals surface area contributed by atoms with Crippen LogP contribution in [0.5, 0.6) is 0 Å². The first-order valence-corrected chi connectivity index (χ1v) is 9.03. The van der Waals surface area contributed by atoms with Crippen molar-refractivity contribution < 1.29 is 10.5 Å². The fourth-order valence-corrected chi connectivity index (χ4v) is 3.75. The van der Waals surface area contributed by atoms with Crippen LogP contribution in [0.15, 0.2) is 36.4 Å². The maximum Gasteiger partial charge on any atom is 0.256 e. The summed E-state index contributed by atoms with van der Waals surface area (Å²) in [4.78, 5) is 12.2. The summed E-state index contributed by atoms with van der Waals surface area (Å²) < 4.78 is 0. The molecule has 2 aromatic carbocycles. The highest BCUT2D eigenvalue weighted by molar-refractivity contribution is 7.39. The van der Waals surface area contributed by atoms with Gasteiger partial charge in [0.05, 0.1) is 5.69 Å². The lowest BCUT2D eigenvalue weighted by atomic mass is 10.0. The maximum absolute atomic E-state index is 12.2. The number of nitrogens with one attached hydrogen (secondary N) is 2. The molecule has 0 bridgehead atoms. The van der Waals surface area contributed by atoms with Crippen molar-refractivity contribution in [3.8, 4) is 0 Å². The predicted octanol–water partition coefficient (Wildman–Crippen LogP) is 3.60. The van der Waals surface area contributed by atoms with E-state index < -0.39 is 0 Å². The van der Waals surface area contributed by atoms with Gasteiger partial charge in [-0.3, -0.25) is 4.79 Å². The van der Waals surface area contributed by atoms with E-state index in [2.05, 4.69) is 34.3 Å². The molecule has 1 atom stereocenters. The SMILES string of the molecule is CC.[NH3+]c1ccc2c(c1)NC(=O)/C2=C/c1ccc2c(c1)NPC2. The van der Waals surface area contributed by atoms with Crippen molar-refractivity contribution in [1.29, 1.82) is 0 Å². The molecule has 118 valence electrons. The van der Waals surface area contributed by atoms with Gasteiger partial charge in [0.1, 0.15) is 5.69 Å². The summed E-state index contributed by atoms with van der Waals surface area (Å²) in [5, 5.41) is 6.29. The molecular weight excluding hydrogens is 305 g/mol. The molecule has 0 saturated heterocycles. The van der Waals surface area contributed by atoms with Gasteiger partial charge in [0.25, 0.3) is 5.91 Å². The number of fused-ring (bicyclic) bond motifs is 2. The third kappa shape index (κ3) is 3.00. The van der Waals surface area contributed by atoms with Gasteiger partial charge in [0.15, 0.2) is 0 Å². The Morgan fingerprint density at radius 3 is 2.78 bits per heavy atom. The van der Waals surface area contributed by atoms with Crippen molar-refractivity contribution in [3.63, 3.8) is 0 Å². The van der Waals surface area contributed by atoms with E-state index in [4.69, 9.17) is 0 Å². The summed E-state index contributed by atoms with van der Waals surface area (Å²) in [5.74, 6) is -0.0501. The summed E-state index contributed by atoms with van der Waals surface area (Å²) >= 11 is 0. The van der Waals surface area contributed by atoms with Crippen LogP contribution in [0.2, 0.25) is 0 Å². The fraction of sp³-hybridized carbons (Fsp3) is 0.167. The van der Waals surface area contributed by atoms with Gasteiger partial charge in [-0.05, 0) is 44.1 Å². The highest BCUT2D eigenvalue weighted by Crippen LogP contribution is 2.37. The molecule has 2 heterocycles. The minimum Gasteiger partial charge on any atom is -0.366 e. The normalized spacial score (nSPS) is 17.2. The highest BCUT2D eigenvalue weighted by atomic mass is 31.1. The standard InChI is InChI=1S/C16H14N3OP.C2H6/c17-11-3-4-12-13(16(20)18-15(12)7-11)5-9-1-2-10-8-21-19-14(10)6-9;1-2/h1-7,19,21H,8,17H2,(H,18,20);1-2H3/p+1/b13-5+;. The first-order chi connectivity index (χ1) is 11.2. The van der Waals surface area contributed by atoms with E-state index in [1.165, 1.54) is 11.3 Å². The number of anilines is 2. The van der Waals surface area contributed by atoms with Gasteiger partial charge in [0.2, 0.25) is 0 Å². The van der Waals surface area contributed by atoms with Crippen LogP contribution in [0.3, 0.4) is 0 Å². The second kappa shape index (κ2) is 6.53. The van der Waals surface area contributed by atoms with Crippen LogP contribution in [0.25, 0.3) is 11.6 Å². The molecular formula is C18H21N3OP+. The number of rotatable bonds is 1. The number of hydrogen-bond donors (Lipinski definition) is 3. The van der Waals surface area contributed by atoms with Gasteiger partial charge in [-0.15, -0.1) is 0 Å². The van der Waals surface area contributed by atoms with Gasteiger partial charge in [-0.25, -0.2) is 0 Å². The number of benzene rings is 2. The molecule has 5 N–H and O–H groups in total. The van der Waals surface area contributed by atoms with Crippen molar-refractivity contribution in [1.82, 2.24) is 0 Å². The van der Waals surface area contributed by atoms with Crippen LogP contribution in [-0.2, 0) is 11.0 Å². The Balaban J connectivity index is 0.000000753. The average molecular weight is 326 g/mol. The molecule has 5 heteroatoms. The van der Waals surface area contributed by atoms with Gasteiger partial charge in [-0.2, -0.15) is 0 Å². The van der Waals surface area contributed by atoms with Gasteiger partial charge in [0, 0.05) is 29.1 Å². The maximum atomic E-state index is 12.2. The fourth-order valence-electron chi connectivity index (χ4n) is 2.74. The molecule has 2 aromatic rings. The van der Waals surface area contributed by atoms with Crippen LogP contribution in [0.1, 0.15) is 30.5 Å². The summed E-state index contributed by atoms with van der Waals surface area (Å²) in [6.07, 6.45) is 3.05. The average Bonchev–Trinajstić information content (AvgIpc) is 3.13. The number of hydrogen-bond acceptors (Lipinski definition) is 2. The Hall–Kier alpha value is -2.16. The Bertz CT molecular complexity index is 799.